The van der Waals surface area contributed by atoms with Crippen molar-refractivity contribution in [3.05, 3.63) is 47.1 Å². The van der Waals surface area contributed by atoms with E-state index in [2.05, 4.69) is 30.2 Å². The number of carbonyl (C=O) groups is 1. The quantitative estimate of drug-likeness (QED) is 0.336. The van der Waals surface area contributed by atoms with Gasteiger partial charge in [0.25, 0.3) is 0 Å². The molecule has 9 nitrogen and oxygen atoms in total. The molecule has 0 aliphatic heterocycles. The third-order valence-corrected chi connectivity index (χ3v) is 6.16. The van der Waals surface area contributed by atoms with E-state index in [0.29, 0.717) is 43.0 Å². The van der Waals surface area contributed by atoms with Crippen LogP contribution in [0.2, 0.25) is 5.15 Å². The third-order valence-electron chi connectivity index (χ3n) is 4.16. The number of amides is 1. The van der Waals surface area contributed by atoms with Gasteiger partial charge in [-0.05, 0) is 0 Å². The number of methoxy groups -OCH3 is 2. The summed E-state index contributed by atoms with van der Waals surface area (Å²) < 4.78 is 11.7. The summed E-state index contributed by atoms with van der Waals surface area (Å²) in [7, 11) is 3.05. The Hall–Kier alpha value is -3.07. The van der Waals surface area contributed by atoms with Crippen molar-refractivity contribution in [1.29, 1.82) is 0 Å². The Kier molecular flexibility index (Phi) is 5.63. The first-order valence-electron chi connectivity index (χ1n) is 8.64. The Morgan fingerprint density at radius 2 is 1.87 bits per heavy atom. The van der Waals surface area contributed by atoms with Crippen LogP contribution in [-0.2, 0) is 0 Å². The molecule has 0 radical (unpaired) electrons. The number of hydrogen-bond donors (Lipinski definition) is 1. The zero-order valence-electron chi connectivity index (χ0n) is 16.1. The van der Waals surface area contributed by atoms with Crippen LogP contribution in [0.4, 0.5) is 4.69 Å². The molecule has 0 aliphatic carbocycles. The van der Waals surface area contributed by atoms with Gasteiger partial charge in [-0.25, -0.2) is 0 Å². The van der Waals surface area contributed by atoms with E-state index in [1.165, 1.54) is 32.8 Å². The first-order valence-corrected chi connectivity index (χ1v) is 10.7. The van der Waals surface area contributed by atoms with Gasteiger partial charge in [-0.2, -0.15) is 0 Å². The molecule has 1 amide bonds. The van der Waals surface area contributed by atoms with Gasteiger partial charge < -0.3 is 0 Å². The third kappa shape index (κ3) is 3.97. The number of nitrogens with zero attached hydrogens (tertiary/aromatic N) is 5. The molecule has 152 valence electrons. The van der Waals surface area contributed by atoms with Gasteiger partial charge >= 0.3 is 182 Å². The molecule has 4 rings (SSSR count). The summed E-state index contributed by atoms with van der Waals surface area (Å²) in [6, 6.07) is 3.45. The van der Waals surface area contributed by atoms with Gasteiger partial charge in [-0.15, -0.1) is 0 Å². The normalized spacial score (nSPS) is 10.8. The molecule has 0 atom stereocenters. The summed E-state index contributed by atoms with van der Waals surface area (Å²) in [6.45, 7) is 1.84. The Morgan fingerprint density at radius 3 is 2.63 bits per heavy atom. The molecule has 30 heavy (non-hydrogen) atoms. The first-order chi connectivity index (χ1) is 14.5. The van der Waals surface area contributed by atoms with Gasteiger partial charge in [0.15, 0.2) is 0 Å². The fourth-order valence-corrected chi connectivity index (χ4v) is 4.58. The van der Waals surface area contributed by atoms with Crippen molar-refractivity contribution >= 4 is 46.7 Å². The van der Waals surface area contributed by atoms with Crippen LogP contribution in [0.3, 0.4) is 0 Å². The summed E-state index contributed by atoms with van der Waals surface area (Å²) in [5.74, 6) is 0.548. The number of aryl methyl sites for hydroxylation is 1. The van der Waals surface area contributed by atoms with Gasteiger partial charge in [0.05, 0.1) is 0 Å². The molecule has 1 N–H and O–H groups in total. The van der Waals surface area contributed by atoms with Crippen molar-refractivity contribution in [2.75, 3.05) is 19.5 Å². The number of hydrogen-bond acceptors (Lipinski definition) is 8. The van der Waals surface area contributed by atoms with E-state index in [9.17, 15) is 4.79 Å². The van der Waals surface area contributed by atoms with Crippen molar-refractivity contribution in [3.63, 3.8) is 0 Å². The first kappa shape index (κ1) is 20.2. The number of nitrogens with one attached hydrogen (secondary N) is 1. The van der Waals surface area contributed by atoms with Gasteiger partial charge in [0.1, 0.15) is 0 Å². The molecular weight excluding hydrogens is 475 g/mol. The predicted molar refractivity (Wildman–Crippen MR) is 113 cm³/mol. The van der Waals surface area contributed by atoms with Crippen molar-refractivity contribution < 1.29 is 14.3 Å². The van der Waals surface area contributed by atoms with Crippen LogP contribution in [0.25, 0.3) is 21.2 Å². The van der Waals surface area contributed by atoms with Gasteiger partial charge in [0, 0.05) is 0 Å². The van der Waals surface area contributed by atoms with E-state index in [-0.39, 0.29) is 25.6 Å². The topological polar surface area (TPSA) is 112 Å². The predicted octanol–water partition coefficient (Wildman–Crippen LogP) is 2.77. The van der Waals surface area contributed by atoms with Gasteiger partial charge in [-0.1, -0.05) is 0 Å². The second kappa shape index (κ2) is 8.35. The zero-order valence-corrected chi connectivity index (χ0v) is 18.6. The number of pyridine rings is 2. The van der Waals surface area contributed by atoms with Crippen LogP contribution < -0.4 is 14.8 Å². The average Bonchev–Trinajstić information content (AvgIpc) is 3.14. The average molecular weight is 490 g/mol. The van der Waals surface area contributed by atoms with E-state index < -0.39 is 0 Å². The van der Waals surface area contributed by atoms with E-state index in [1.54, 1.807) is 12.1 Å². The zero-order chi connectivity index (χ0) is 21.3. The van der Waals surface area contributed by atoms with Gasteiger partial charge in [-0.3, -0.25) is 0 Å². The van der Waals surface area contributed by atoms with Crippen molar-refractivity contribution in [2.45, 2.75) is 6.92 Å². The van der Waals surface area contributed by atoms with Crippen LogP contribution in [0.15, 0.2) is 30.7 Å². The molecule has 0 fully saturated rings. The van der Waals surface area contributed by atoms with Gasteiger partial charge in [0.2, 0.25) is 0 Å². The number of fused-ring (bicyclic) bond motifs is 1. The maximum absolute atomic E-state index is 13.1. The van der Waals surface area contributed by atoms with Crippen molar-refractivity contribution in [2.24, 2.45) is 0 Å². The van der Waals surface area contributed by atoms with E-state index >= 15 is 0 Å². The summed E-state index contributed by atoms with van der Waals surface area (Å²) in [6.07, 6.45) is 4.52. The monoisotopic (exact) mass is 490 g/mol. The Morgan fingerprint density at radius 1 is 1.03 bits per heavy atom. The van der Waals surface area contributed by atoms with E-state index in [4.69, 9.17) is 21.1 Å². The number of carbonyl (C=O) groups excluding carboxylic acids is 1. The fraction of sp³-hybridized carbons (Fsp3) is 0.158. The molecule has 4 aromatic rings. The molecule has 0 bridgehead atoms. The van der Waals surface area contributed by atoms with E-state index in [1.807, 2.05) is 6.92 Å². The Bertz CT molecular complexity index is 1260. The maximum atomic E-state index is 13.1. The van der Waals surface area contributed by atoms with Crippen LogP contribution >= 0.6 is 11.6 Å². The van der Waals surface area contributed by atoms with Crippen molar-refractivity contribution in [3.8, 4) is 22.8 Å². The van der Waals surface area contributed by atoms with E-state index in [0.717, 1.165) is 5.69 Å². The summed E-state index contributed by atoms with van der Waals surface area (Å²) >= 11 is 5.78. The number of ether oxygens (including phenoxy) is 2. The number of halogens is 1. The molecule has 4 heterocycles. The standard InChI is InChI=1S/C19H15ClN6O3Se/c1-9-4-10(11-5-14(20)22-7-13(11)28-2)12(6-21-9)17(27)26-19-25-16-18(30-19)24-15(29-3)8-23-16/h4-8H,1-3H3,(H,23,25,26,27). The Labute approximate surface area is 182 Å². The molecule has 11 heteroatoms. The minimum absolute atomic E-state index is 0.289. The molecule has 4 aromatic heterocycles. The Balaban J connectivity index is 1.73. The SMILES string of the molecule is COc1cnc2nc(NC(=O)c3cnc(C)cc3-c3cc(Cl)ncc3OC)[se]c2n1. The van der Waals surface area contributed by atoms with Crippen LogP contribution in [0.1, 0.15) is 16.1 Å². The minimum atomic E-state index is -0.354. The second-order valence-electron chi connectivity index (χ2n) is 6.09. The van der Waals surface area contributed by atoms with Crippen molar-refractivity contribution in [1.82, 2.24) is 24.9 Å². The molecular formula is C19H15ClN6O3Se. The number of anilines is 1. The number of rotatable bonds is 5. The summed E-state index contributed by atoms with van der Waals surface area (Å²) in [5, 5.41) is 3.14. The molecule has 0 aromatic carbocycles. The summed E-state index contributed by atoms with van der Waals surface area (Å²) in [5.41, 5.74) is 2.85. The van der Waals surface area contributed by atoms with Crippen LogP contribution in [0, 0.1) is 6.92 Å². The molecule has 0 saturated heterocycles. The summed E-state index contributed by atoms with van der Waals surface area (Å²) in [4.78, 5) is 34.3. The molecule has 0 spiro atoms. The number of aromatic nitrogens is 5. The fourth-order valence-electron chi connectivity index (χ4n) is 2.78. The molecule has 0 saturated carbocycles. The molecule has 0 unspecified atom stereocenters. The van der Waals surface area contributed by atoms with Crippen LogP contribution in [-0.4, -0.2) is 59.6 Å². The molecule has 0 aliphatic rings. The second-order valence-corrected chi connectivity index (χ2v) is 8.53. The van der Waals surface area contributed by atoms with Crippen LogP contribution in [0.5, 0.6) is 11.6 Å².